The van der Waals surface area contributed by atoms with E-state index in [2.05, 4.69) is 158 Å². The molecule has 1 aliphatic heterocycles. The third kappa shape index (κ3) is 3.69. The number of benzene rings is 6. The number of allylic oxidation sites excluding steroid dienone is 2. The summed E-state index contributed by atoms with van der Waals surface area (Å²) in [6, 6.07) is 46.8. The van der Waals surface area contributed by atoms with Gasteiger partial charge in [-0.15, -0.1) is 0 Å². The molecule has 2 heteroatoms. The monoisotopic (exact) mass is 686 g/mol. The van der Waals surface area contributed by atoms with Gasteiger partial charge in [-0.25, -0.2) is 0 Å². The number of fused-ring (bicyclic) bond motifs is 2. The second-order valence-corrected chi connectivity index (χ2v) is 31.1. The average Bonchev–Trinajstić information content (AvgIpc) is 3.54. The molecule has 224 valence electrons. The van der Waals surface area contributed by atoms with Crippen LogP contribution in [0.4, 0.5) is 0 Å². The van der Waals surface area contributed by atoms with Gasteiger partial charge < -0.3 is 0 Å². The number of hydrogen-bond acceptors (Lipinski definition) is 0. The van der Waals surface area contributed by atoms with Crippen LogP contribution in [0, 0.1) is 0 Å². The standard InChI is InChI=1S/C42H34Si.2CH3.Zr/c1-27-25-31-17-11-23-37(41(31)39(27)35-21-9-15-29-13-5-7-19-33(29)35)43(3,4)38-24-12-18-32-26-28(2)40(42(32)38)36-22-10-16-30-14-6-8-20-34(30)36;;;/h5-26H,1-4H3;2*1H3;. The Morgan fingerprint density at radius 1 is 0.478 bits per heavy atom. The minimum absolute atomic E-state index is 0.518. The molecule has 0 radical (unpaired) electrons. The predicted octanol–water partition coefficient (Wildman–Crippen LogP) is 10.8. The normalized spacial score (nSPS) is 20.6. The van der Waals surface area contributed by atoms with E-state index in [9.17, 15) is 0 Å². The molecule has 0 spiro atoms. The predicted molar refractivity (Wildman–Crippen MR) is 198 cm³/mol. The molecule has 0 aromatic heterocycles. The summed E-state index contributed by atoms with van der Waals surface area (Å²) in [5.74, 6) is 0. The van der Waals surface area contributed by atoms with E-state index in [-0.39, 0.29) is 0 Å². The second kappa shape index (κ2) is 9.96. The summed E-state index contributed by atoms with van der Waals surface area (Å²) in [6.45, 7) is 10.3. The molecule has 1 heterocycles. The Bertz CT molecular complexity index is 2180. The fourth-order valence-electron chi connectivity index (χ4n) is 10.2. The molecule has 0 fully saturated rings. The van der Waals surface area contributed by atoms with Gasteiger partial charge in [-0.2, -0.15) is 0 Å². The molecule has 2 atom stereocenters. The first-order chi connectivity index (χ1) is 22.2. The molecule has 0 amide bonds. The Kier molecular flexibility index (Phi) is 6.20. The molecule has 8 bridgehead atoms. The van der Waals surface area contributed by atoms with Gasteiger partial charge in [0.15, 0.2) is 0 Å². The van der Waals surface area contributed by atoms with Crippen LogP contribution in [0.1, 0.15) is 54.5 Å². The summed E-state index contributed by atoms with van der Waals surface area (Å²) in [5.41, 5.74) is 15.5. The van der Waals surface area contributed by atoms with Crippen molar-refractivity contribution in [3.8, 4) is 0 Å². The zero-order valence-corrected chi connectivity index (χ0v) is 31.2. The van der Waals surface area contributed by atoms with Crippen LogP contribution in [0.2, 0.25) is 22.4 Å². The summed E-state index contributed by atoms with van der Waals surface area (Å²) in [7, 11) is -2.21. The van der Waals surface area contributed by atoms with Gasteiger partial charge in [-0.1, -0.05) is 0 Å². The van der Waals surface area contributed by atoms with E-state index < -0.39 is 28.3 Å². The average molecular weight is 688 g/mol. The van der Waals surface area contributed by atoms with Crippen LogP contribution >= 0.6 is 0 Å². The fraction of sp³-hybridized carbons (Fsp3) is 0.182. The molecule has 0 saturated carbocycles. The topological polar surface area (TPSA) is 0 Å². The van der Waals surface area contributed by atoms with Gasteiger partial charge in [0.2, 0.25) is 0 Å². The third-order valence-corrected chi connectivity index (χ3v) is 26.4. The Morgan fingerprint density at radius 2 is 0.870 bits per heavy atom. The second-order valence-electron chi connectivity index (χ2n) is 15.0. The van der Waals surface area contributed by atoms with Crippen molar-refractivity contribution in [3.63, 3.8) is 0 Å². The third-order valence-electron chi connectivity index (χ3n) is 11.9. The summed E-state index contributed by atoms with van der Waals surface area (Å²) in [5, 5.41) is 8.62. The van der Waals surface area contributed by atoms with Gasteiger partial charge in [0.1, 0.15) is 0 Å². The molecule has 2 aliphatic carbocycles. The first kappa shape index (κ1) is 28.6. The summed E-state index contributed by atoms with van der Waals surface area (Å²) >= 11 is -3.13. The molecule has 2 unspecified atom stereocenters. The Balaban J connectivity index is 1.42. The van der Waals surface area contributed by atoms with Crippen molar-refractivity contribution in [2.24, 2.45) is 0 Å². The van der Waals surface area contributed by atoms with Crippen molar-refractivity contribution in [1.82, 2.24) is 0 Å². The van der Waals surface area contributed by atoms with Crippen molar-refractivity contribution < 1.29 is 20.3 Å². The summed E-state index contributed by atoms with van der Waals surface area (Å²) in [6.07, 6.45) is 0. The molecular formula is C44H40SiZr. The van der Waals surface area contributed by atoms with Crippen LogP contribution in [0.15, 0.2) is 132 Å². The van der Waals surface area contributed by atoms with E-state index in [0.29, 0.717) is 7.25 Å². The van der Waals surface area contributed by atoms with Gasteiger partial charge in [0, 0.05) is 0 Å². The van der Waals surface area contributed by atoms with Crippen molar-refractivity contribution in [2.45, 2.75) is 43.5 Å². The molecule has 46 heavy (non-hydrogen) atoms. The quantitative estimate of drug-likeness (QED) is 0.159. The van der Waals surface area contributed by atoms with E-state index in [0.717, 1.165) is 0 Å². The van der Waals surface area contributed by atoms with Gasteiger partial charge in [0.05, 0.1) is 0 Å². The van der Waals surface area contributed by atoms with Gasteiger partial charge in [0.25, 0.3) is 0 Å². The van der Waals surface area contributed by atoms with Crippen LogP contribution in [-0.4, -0.2) is 8.07 Å². The minimum atomic E-state index is -3.13. The summed E-state index contributed by atoms with van der Waals surface area (Å²) in [4.78, 5) is 0. The van der Waals surface area contributed by atoms with Crippen LogP contribution in [-0.2, 0) is 20.3 Å². The van der Waals surface area contributed by atoms with Gasteiger partial charge in [-0.3, -0.25) is 0 Å². The van der Waals surface area contributed by atoms with Crippen LogP contribution in [0.25, 0.3) is 32.7 Å². The SMILES string of the molecule is CC1=C(c2cccc3ccccc23)c2c3cccc2[Si](C)(C)c2cccc4c2C(c2cccc5ccccc25)=C(C)[CH]4[Zr]([CH3])([CH3])[CH]13. The Morgan fingerprint density at radius 3 is 1.33 bits per heavy atom. The Hall–Kier alpha value is -3.58. The Labute approximate surface area is 278 Å². The van der Waals surface area contributed by atoms with Crippen molar-refractivity contribution in [3.05, 3.63) is 166 Å². The molecule has 6 aromatic rings. The van der Waals surface area contributed by atoms with Crippen LogP contribution < -0.4 is 10.4 Å². The number of hydrogen-bond donors (Lipinski definition) is 0. The van der Waals surface area contributed by atoms with Crippen molar-refractivity contribution >= 4 is 51.1 Å². The molecule has 0 N–H and O–H groups in total. The van der Waals surface area contributed by atoms with E-state index >= 15 is 0 Å². The first-order valence-corrected chi connectivity index (χ1v) is 27.6. The molecule has 6 aromatic carbocycles. The molecule has 9 rings (SSSR count). The zero-order chi connectivity index (χ0) is 31.5. The zero-order valence-electron chi connectivity index (χ0n) is 27.7. The fourth-order valence-corrected chi connectivity index (χ4v) is 25.4. The maximum atomic E-state index is 2.77. The molecule has 0 saturated heterocycles. The van der Waals surface area contributed by atoms with Crippen LogP contribution in [0.5, 0.6) is 0 Å². The van der Waals surface area contributed by atoms with Crippen LogP contribution in [0.3, 0.4) is 0 Å². The van der Waals surface area contributed by atoms with Crippen molar-refractivity contribution in [2.75, 3.05) is 0 Å². The molecule has 3 aliphatic rings. The van der Waals surface area contributed by atoms with E-state index in [1.165, 1.54) is 43.8 Å². The van der Waals surface area contributed by atoms with E-state index in [4.69, 9.17) is 0 Å². The first-order valence-electron chi connectivity index (χ1n) is 16.9. The number of rotatable bonds is 2. The van der Waals surface area contributed by atoms with E-state index in [1.54, 1.807) is 43.8 Å². The van der Waals surface area contributed by atoms with Gasteiger partial charge >= 0.3 is 281 Å². The molecular weight excluding hydrogens is 648 g/mol. The maximum absolute atomic E-state index is 3.13. The van der Waals surface area contributed by atoms with E-state index in [1.807, 2.05) is 0 Å². The van der Waals surface area contributed by atoms with Gasteiger partial charge in [-0.05, 0) is 0 Å². The summed E-state index contributed by atoms with van der Waals surface area (Å²) < 4.78 is 6.58. The van der Waals surface area contributed by atoms with Crippen molar-refractivity contribution in [1.29, 1.82) is 0 Å². The molecule has 0 nitrogen and oxygen atoms in total.